The highest BCUT2D eigenvalue weighted by atomic mass is 79.9. The fraction of sp³-hybridized carbons (Fsp3) is 0.500. The molecule has 3 N–H and O–H groups in total. The Morgan fingerprint density at radius 3 is 2.76 bits per heavy atom. The molecule has 0 bridgehead atoms. The summed E-state index contributed by atoms with van der Waals surface area (Å²) in [5, 5.41) is 0. The average Bonchev–Trinajstić information content (AvgIpc) is 2.31. The fourth-order valence-electron chi connectivity index (χ4n) is 1.81. The van der Waals surface area contributed by atoms with Gasteiger partial charge in [0.05, 0.1) is 6.04 Å². The van der Waals surface area contributed by atoms with Crippen molar-refractivity contribution >= 4 is 15.9 Å². The summed E-state index contributed by atoms with van der Waals surface area (Å²) >= 11 is 3.36. The van der Waals surface area contributed by atoms with Crippen LogP contribution in [0.15, 0.2) is 22.7 Å². The second-order valence-electron chi connectivity index (χ2n) is 4.04. The molecule has 0 aromatic heterocycles. The zero-order valence-electron chi connectivity index (χ0n) is 10.0. The second kappa shape index (κ2) is 7.06. The number of nitrogens with one attached hydrogen (secondary N) is 1. The van der Waals surface area contributed by atoms with Crippen LogP contribution in [-0.2, 0) is 4.74 Å². The summed E-state index contributed by atoms with van der Waals surface area (Å²) in [6.07, 6.45) is 0.812. The van der Waals surface area contributed by atoms with Gasteiger partial charge in [-0.3, -0.25) is 11.3 Å². The van der Waals surface area contributed by atoms with E-state index in [0.717, 1.165) is 10.9 Å². The summed E-state index contributed by atoms with van der Waals surface area (Å²) in [4.78, 5) is 0. The van der Waals surface area contributed by atoms with Gasteiger partial charge in [-0.1, -0.05) is 28.9 Å². The van der Waals surface area contributed by atoms with Crippen molar-refractivity contribution in [2.75, 3.05) is 13.7 Å². The molecule has 0 spiro atoms. The largest absolute Gasteiger partial charge is 0.385 e. The Bertz CT molecular complexity index is 342. The maximum atomic E-state index is 13.8. The Balaban J connectivity index is 2.93. The molecule has 0 saturated carbocycles. The monoisotopic (exact) mass is 304 g/mol. The first-order chi connectivity index (χ1) is 8.11. The van der Waals surface area contributed by atoms with Gasteiger partial charge in [0, 0.05) is 23.8 Å². The Morgan fingerprint density at radius 1 is 1.53 bits per heavy atom. The molecule has 0 heterocycles. The number of halogens is 2. The Hall–Kier alpha value is -0.490. The molecule has 96 valence electrons. The van der Waals surface area contributed by atoms with Gasteiger partial charge < -0.3 is 4.74 Å². The lowest BCUT2D eigenvalue weighted by Gasteiger charge is -2.24. The lowest BCUT2D eigenvalue weighted by atomic mass is 9.92. The van der Waals surface area contributed by atoms with Crippen LogP contribution >= 0.6 is 15.9 Å². The van der Waals surface area contributed by atoms with Crippen LogP contribution < -0.4 is 11.3 Å². The number of hydrogen-bond acceptors (Lipinski definition) is 3. The van der Waals surface area contributed by atoms with E-state index in [0.29, 0.717) is 12.2 Å². The SMILES string of the molecule is COCCC(C)C(NN)c1c(F)cccc1Br. The Labute approximate surface area is 110 Å². The molecule has 3 nitrogen and oxygen atoms in total. The number of rotatable bonds is 6. The lowest BCUT2D eigenvalue weighted by molar-refractivity contribution is 0.169. The molecule has 1 rings (SSSR count). The first kappa shape index (κ1) is 14.6. The summed E-state index contributed by atoms with van der Waals surface area (Å²) < 4.78 is 19.6. The lowest BCUT2D eigenvalue weighted by Crippen LogP contribution is -2.34. The third kappa shape index (κ3) is 3.74. The Kier molecular flexibility index (Phi) is 6.05. The van der Waals surface area contributed by atoms with E-state index < -0.39 is 0 Å². The van der Waals surface area contributed by atoms with Crippen LogP contribution in [0.1, 0.15) is 24.9 Å². The number of nitrogens with two attached hydrogens (primary N) is 1. The fourth-order valence-corrected chi connectivity index (χ4v) is 2.40. The van der Waals surface area contributed by atoms with E-state index in [1.54, 1.807) is 13.2 Å². The number of benzene rings is 1. The standard InChI is InChI=1S/C12H18BrFN2O/c1-8(6-7-17-2)12(16-15)11-9(13)4-3-5-10(11)14/h3-5,8,12,16H,6-7,15H2,1-2H3. The zero-order chi connectivity index (χ0) is 12.8. The van der Waals surface area contributed by atoms with Gasteiger partial charge in [0.2, 0.25) is 0 Å². The van der Waals surface area contributed by atoms with Crippen LogP contribution in [0.3, 0.4) is 0 Å². The van der Waals surface area contributed by atoms with Gasteiger partial charge in [0.25, 0.3) is 0 Å². The number of hydrazine groups is 1. The van der Waals surface area contributed by atoms with Gasteiger partial charge in [0.15, 0.2) is 0 Å². The predicted octanol–water partition coefficient (Wildman–Crippen LogP) is 2.77. The highest BCUT2D eigenvalue weighted by Crippen LogP contribution is 2.31. The minimum absolute atomic E-state index is 0.174. The van der Waals surface area contributed by atoms with E-state index in [-0.39, 0.29) is 17.8 Å². The molecule has 0 aliphatic rings. The molecule has 1 aromatic rings. The van der Waals surface area contributed by atoms with Gasteiger partial charge in [-0.15, -0.1) is 0 Å². The molecule has 17 heavy (non-hydrogen) atoms. The normalized spacial score (nSPS) is 14.6. The molecular formula is C12H18BrFN2O. The highest BCUT2D eigenvalue weighted by molar-refractivity contribution is 9.10. The van der Waals surface area contributed by atoms with Crippen LogP contribution in [0, 0.1) is 11.7 Å². The molecule has 2 atom stereocenters. The minimum atomic E-state index is -0.258. The van der Waals surface area contributed by atoms with Crippen molar-refractivity contribution in [3.63, 3.8) is 0 Å². The molecule has 0 radical (unpaired) electrons. The molecule has 0 aliphatic heterocycles. The number of hydrogen-bond donors (Lipinski definition) is 2. The zero-order valence-corrected chi connectivity index (χ0v) is 11.6. The molecular weight excluding hydrogens is 287 g/mol. The van der Waals surface area contributed by atoms with Crippen LogP contribution in [0.25, 0.3) is 0 Å². The van der Waals surface area contributed by atoms with E-state index in [1.807, 2.05) is 13.0 Å². The van der Waals surface area contributed by atoms with Crippen LogP contribution in [-0.4, -0.2) is 13.7 Å². The highest BCUT2D eigenvalue weighted by Gasteiger charge is 2.23. The molecule has 5 heteroatoms. The molecule has 0 saturated heterocycles. The van der Waals surface area contributed by atoms with Crippen molar-refractivity contribution in [2.24, 2.45) is 11.8 Å². The maximum Gasteiger partial charge on any atom is 0.129 e. The van der Waals surface area contributed by atoms with Crippen molar-refractivity contribution in [2.45, 2.75) is 19.4 Å². The predicted molar refractivity (Wildman–Crippen MR) is 69.8 cm³/mol. The topological polar surface area (TPSA) is 47.3 Å². The van der Waals surface area contributed by atoms with Crippen molar-refractivity contribution in [1.82, 2.24) is 5.43 Å². The van der Waals surface area contributed by atoms with Crippen molar-refractivity contribution in [1.29, 1.82) is 0 Å². The summed E-state index contributed by atoms with van der Waals surface area (Å²) in [6, 6.07) is 4.68. The first-order valence-corrected chi connectivity index (χ1v) is 6.30. The van der Waals surface area contributed by atoms with Gasteiger partial charge >= 0.3 is 0 Å². The van der Waals surface area contributed by atoms with Crippen molar-refractivity contribution in [3.05, 3.63) is 34.1 Å². The first-order valence-electron chi connectivity index (χ1n) is 5.50. The third-order valence-electron chi connectivity index (χ3n) is 2.84. The smallest absolute Gasteiger partial charge is 0.129 e. The summed E-state index contributed by atoms with van der Waals surface area (Å²) in [6.45, 7) is 2.65. The van der Waals surface area contributed by atoms with Crippen molar-refractivity contribution in [3.8, 4) is 0 Å². The molecule has 0 aliphatic carbocycles. The van der Waals surface area contributed by atoms with E-state index in [9.17, 15) is 4.39 Å². The van der Waals surface area contributed by atoms with E-state index in [2.05, 4.69) is 21.4 Å². The van der Waals surface area contributed by atoms with Gasteiger partial charge in [0.1, 0.15) is 5.82 Å². The van der Waals surface area contributed by atoms with Crippen molar-refractivity contribution < 1.29 is 9.13 Å². The van der Waals surface area contributed by atoms with E-state index in [4.69, 9.17) is 10.6 Å². The molecule has 1 aromatic carbocycles. The third-order valence-corrected chi connectivity index (χ3v) is 3.53. The van der Waals surface area contributed by atoms with Crippen LogP contribution in [0.2, 0.25) is 0 Å². The van der Waals surface area contributed by atoms with Gasteiger partial charge in [-0.2, -0.15) is 0 Å². The van der Waals surface area contributed by atoms with E-state index >= 15 is 0 Å². The molecule has 0 fully saturated rings. The van der Waals surface area contributed by atoms with Gasteiger partial charge in [-0.25, -0.2) is 4.39 Å². The van der Waals surface area contributed by atoms with Gasteiger partial charge in [-0.05, 0) is 24.5 Å². The number of methoxy groups -OCH3 is 1. The molecule has 2 unspecified atom stereocenters. The molecule has 0 amide bonds. The number of ether oxygens (including phenoxy) is 1. The maximum absolute atomic E-state index is 13.8. The minimum Gasteiger partial charge on any atom is -0.385 e. The quantitative estimate of drug-likeness (QED) is 0.627. The summed E-state index contributed by atoms with van der Waals surface area (Å²) in [5.74, 6) is 5.45. The Morgan fingerprint density at radius 2 is 2.24 bits per heavy atom. The van der Waals surface area contributed by atoms with Crippen LogP contribution in [0.5, 0.6) is 0 Å². The second-order valence-corrected chi connectivity index (χ2v) is 4.89. The van der Waals surface area contributed by atoms with E-state index in [1.165, 1.54) is 6.07 Å². The summed E-state index contributed by atoms with van der Waals surface area (Å²) in [5.41, 5.74) is 3.25. The van der Waals surface area contributed by atoms with Crippen LogP contribution in [0.4, 0.5) is 4.39 Å². The summed E-state index contributed by atoms with van der Waals surface area (Å²) in [7, 11) is 1.65. The average molecular weight is 305 g/mol.